The molecule has 1 aliphatic heterocycles. The van der Waals surface area contributed by atoms with Crippen LogP contribution in [-0.2, 0) is 14.3 Å². The number of ketones is 1. The zero-order chi connectivity index (χ0) is 18.2. The fourth-order valence-electron chi connectivity index (χ4n) is 3.59. The second kappa shape index (κ2) is 6.41. The Hall–Kier alpha value is -1.94. The van der Waals surface area contributed by atoms with E-state index >= 15 is 0 Å². The molecule has 1 fully saturated rings. The first kappa shape index (κ1) is 17.9. The summed E-state index contributed by atoms with van der Waals surface area (Å²) in [5, 5.41) is 20.5. The van der Waals surface area contributed by atoms with Crippen molar-refractivity contribution >= 4 is 5.78 Å². The molecule has 0 aromatic heterocycles. The van der Waals surface area contributed by atoms with Gasteiger partial charge in [0.15, 0.2) is 5.60 Å². The summed E-state index contributed by atoms with van der Waals surface area (Å²) in [5.74, 6) is 0.724. The maximum absolute atomic E-state index is 11.6. The van der Waals surface area contributed by atoms with Crippen LogP contribution >= 0.6 is 0 Å². The summed E-state index contributed by atoms with van der Waals surface area (Å²) in [6.07, 6.45) is 0.520. The van der Waals surface area contributed by atoms with Crippen LogP contribution in [0.1, 0.15) is 50.3 Å². The van der Waals surface area contributed by atoms with E-state index in [0.29, 0.717) is 36.1 Å². The van der Waals surface area contributed by atoms with Crippen LogP contribution < -0.4 is 4.74 Å². The minimum Gasteiger partial charge on any atom is -0.482 e. The molecule has 0 amide bonds. The molecule has 1 N–H and O–H groups in total. The Kier molecular flexibility index (Phi) is 4.58. The summed E-state index contributed by atoms with van der Waals surface area (Å²) in [4.78, 5) is 11.6. The van der Waals surface area contributed by atoms with Crippen molar-refractivity contribution in [1.82, 2.24) is 0 Å². The van der Waals surface area contributed by atoms with Crippen molar-refractivity contribution < 1.29 is 24.1 Å². The van der Waals surface area contributed by atoms with Gasteiger partial charge < -0.3 is 19.3 Å². The van der Waals surface area contributed by atoms with Crippen molar-refractivity contribution in [2.75, 3.05) is 13.7 Å². The Morgan fingerprint density at radius 3 is 2.80 bits per heavy atom. The number of methoxy groups -OCH3 is 1. The van der Waals surface area contributed by atoms with Gasteiger partial charge in [-0.25, -0.2) is 0 Å². The fraction of sp³-hybridized carbons (Fsp3) is 0.579. The molecule has 1 aromatic carbocycles. The average Bonchev–Trinajstić information content (AvgIpc) is 2.97. The summed E-state index contributed by atoms with van der Waals surface area (Å²) in [6, 6.07) is 7.16. The summed E-state index contributed by atoms with van der Waals surface area (Å²) >= 11 is 0. The SMILES string of the molecule is COCC1(C)Oc2ccc(C#N)cc2C(OC2CCC(=O)C2)C1(C)O. The number of benzene rings is 1. The minimum absolute atomic E-state index is 0.169. The highest BCUT2D eigenvalue weighted by Gasteiger charge is 2.57. The van der Waals surface area contributed by atoms with E-state index in [4.69, 9.17) is 14.2 Å². The highest BCUT2D eigenvalue weighted by atomic mass is 16.6. The van der Waals surface area contributed by atoms with Gasteiger partial charge in [0.25, 0.3) is 0 Å². The predicted octanol–water partition coefficient (Wildman–Crippen LogP) is 2.29. The molecule has 0 saturated heterocycles. The summed E-state index contributed by atoms with van der Waals surface area (Å²) in [6.45, 7) is 3.59. The molecule has 25 heavy (non-hydrogen) atoms. The van der Waals surface area contributed by atoms with Crippen molar-refractivity contribution in [2.45, 2.75) is 56.5 Å². The van der Waals surface area contributed by atoms with Gasteiger partial charge in [-0.15, -0.1) is 0 Å². The van der Waals surface area contributed by atoms with E-state index in [0.717, 1.165) is 0 Å². The number of carbonyl (C=O) groups is 1. The number of rotatable bonds is 4. The lowest BCUT2D eigenvalue weighted by molar-refractivity contribution is -0.229. The van der Waals surface area contributed by atoms with Gasteiger partial charge in [-0.1, -0.05) is 0 Å². The molecule has 6 nitrogen and oxygen atoms in total. The highest BCUT2D eigenvalue weighted by Crippen LogP contribution is 2.49. The zero-order valence-electron chi connectivity index (χ0n) is 14.7. The van der Waals surface area contributed by atoms with Crippen LogP contribution in [0.15, 0.2) is 18.2 Å². The van der Waals surface area contributed by atoms with Gasteiger partial charge in [0.1, 0.15) is 23.2 Å². The molecule has 0 bridgehead atoms. The maximum atomic E-state index is 11.6. The Labute approximate surface area is 147 Å². The Balaban J connectivity index is 2.04. The van der Waals surface area contributed by atoms with Crippen molar-refractivity contribution in [1.29, 1.82) is 5.26 Å². The smallest absolute Gasteiger partial charge is 0.160 e. The van der Waals surface area contributed by atoms with Gasteiger partial charge >= 0.3 is 0 Å². The number of nitriles is 1. The first-order valence-corrected chi connectivity index (χ1v) is 8.42. The molecule has 0 spiro atoms. The van der Waals surface area contributed by atoms with Crippen LogP contribution in [0.3, 0.4) is 0 Å². The predicted molar refractivity (Wildman–Crippen MR) is 89.2 cm³/mol. The van der Waals surface area contributed by atoms with Gasteiger partial charge in [-0.2, -0.15) is 5.26 Å². The van der Waals surface area contributed by atoms with Gasteiger partial charge in [0.2, 0.25) is 0 Å². The van der Waals surface area contributed by atoms with Gasteiger partial charge in [0, 0.05) is 25.5 Å². The Morgan fingerprint density at radius 2 is 2.20 bits per heavy atom. The van der Waals surface area contributed by atoms with Crippen LogP contribution in [0.5, 0.6) is 5.75 Å². The van der Waals surface area contributed by atoms with E-state index < -0.39 is 17.3 Å². The standard InChI is InChI=1S/C19H23NO5/c1-18(11-23-3)19(2,22)17(24-14-6-5-13(21)9-14)15-8-12(10-20)4-7-16(15)25-18/h4,7-8,14,17,22H,5-6,9,11H2,1-3H3. The number of hydrogen-bond acceptors (Lipinski definition) is 6. The molecule has 4 atom stereocenters. The summed E-state index contributed by atoms with van der Waals surface area (Å²) < 4.78 is 17.5. The largest absolute Gasteiger partial charge is 0.482 e. The van der Waals surface area contributed by atoms with Gasteiger partial charge in [0.05, 0.1) is 24.3 Å². The van der Waals surface area contributed by atoms with E-state index in [1.54, 1.807) is 39.2 Å². The first-order chi connectivity index (χ1) is 11.8. The third-order valence-electron chi connectivity index (χ3n) is 5.29. The van der Waals surface area contributed by atoms with Crippen LogP contribution in [0.25, 0.3) is 0 Å². The Bertz CT molecular complexity index is 723. The fourth-order valence-corrected chi connectivity index (χ4v) is 3.59. The highest BCUT2D eigenvalue weighted by molar-refractivity contribution is 5.81. The van der Waals surface area contributed by atoms with Crippen LogP contribution in [-0.4, -0.2) is 41.9 Å². The lowest BCUT2D eigenvalue weighted by Crippen LogP contribution is -2.63. The van der Waals surface area contributed by atoms with E-state index in [-0.39, 0.29) is 18.5 Å². The maximum Gasteiger partial charge on any atom is 0.160 e. The molecule has 6 heteroatoms. The number of fused-ring (bicyclic) bond motifs is 1. The van der Waals surface area contributed by atoms with E-state index in [1.165, 1.54) is 0 Å². The molecular formula is C19H23NO5. The number of hydrogen-bond donors (Lipinski definition) is 1. The third kappa shape index (κ3) is 3.04. The van der Waals surface area contributed by atoms with Crippen molar-refractivity contribution in [3.8, 4) is 11.8 Å². The van der Waals surface area contributed by atoms with Crippen LogP contribution in [0.4, 0.5) is 0 Å². The average molecular weight is 345 g/mol. The van der Waals surface area contributed by atoms with Crippen molar-refractivity contribution in [3.63, 3.8) is 0 Å². The molecular weight excluding hydrogens is 322 g/mol. The van der Waals surface area contributed by atoms with E-state index in [2.05, 4.69) is 6.07 Å². The molecule has 3 rings (SSSR count). The lowest BCUT2D eigenvalue weighted by Gasteiger charge is -2.50. The van der Waals surface area contributed by atoms with E-state index in [1.807, 2.05) is 0 Å². The van der Waals surface area contributed by atoms with Crippen LogP contribution in [0.2, 0.25) is 0 Å². The minimum atomic E-state index is -1.41. The Morgan fingerprint density at radius 1 is 1.44 bits per heavy atom. The normalized spacial score (nSPS) is 34.3. The van der Waals surface area contributed by atoms with Crippen molar-refractivity contribution in [3.05, 3.63) is 29.3 Å². The topological polar surface area (TPSA) is 88.8 Å². The molecule has 2 aliphatic rings. The quantitative estimate of drug-likeness (QED) is 0.901. The van der Waals surface area contributed by atoms with Gasteiger partial charge in [-0.3, -0.25) is 4.79 Å². The number of Topliss-reactive ketones (excluding diaryl/α,β-unsaturated/α-hetero) is 1. The van der Waals surface area contributed by atoms with Crippen molar-refractivity contribution in [2.24, 2.45) is 0 Å². The molecule has 1 heterocycles. The number of nitrogens with zero attached hydrogens (tertiary/aromatic N) is 1. The molecule has 1 aromatic rings. The molecule has 1 aliphatic carbocycles. The third-order valence-corrected chi connectivity index (χ3v) is 5.29. The number of ether oxygens (including phenoxy) is 3. The second-order valence-electron chi connectivity index (χ2n) is 7.20. The van der Waals surface area contributed by atoms with E-state index in [9.17, 15) is 15.2 Å². The van der Waals surface area contributed by atoms with Crippen LogP contribution in [0, 0.1) is 11.3 Å². The molecule has 134 valence electrons. The molecule has 1 saturated carbocycles. The summed E-state index contributed by atoms with van der Waals surface area (Å²) in [7, 11) is 1.55. The number of carbonyl (C=O) groups excluding carboxylic acids is 1. The lowest BCUT2D eigenvalue weighted by atomic mass is 9.76. The monoisotopic (exact) mass is 345 g/mol. The molecule has 4 unspecified atom stereocenters. The summed E-state index contributed by atoms with van der Waals surface area (Å²) in [5.41, 5.74) is -1.35. The zero-order valence-corrected chi connectivity index (χ0v) is 14.7. The second-order valence-corrected chi connectivity index (χ2v) is 7.20. The van der Waals surface area contributed by atoms with Gasteiger partial charge in [-0.05, 0) is 38.5 Å². The molecule has 0 radical (unpaired) electrons. The number of aliphatic hydroxyl groups is 1. The first-order valence-electron chi connectivity index (χ1n) is 8.42.